The molecule has 1 aliphatic rings. The number of rotatable bonds is 4. The molecule has 2 aromatic rings. The summed E-state index contributed by atoms with van der Waals surface area (Å²) in [5, 5.41) is 5.26. The summed E-state index contributed by atoms with van der Waals surface area (Å²) in [6, 6.07) is 17.9. The molecule has 0 bridgehead atoms. The zero-order chi connectivity index (χ0) is 14.7. The van der Waals surface area contributed by atoms with Gasteiger partial charge in [0.25, 0.3) is 0 Å². The van der Waals surface area contributed by atoms with Crippen LogP contribution in [0.15, 0.2) is 48.5 Å². The Labute approximate surface area is 129 Å². The molecule has 1 heterocycles. The summed E-state index contributed by atoms with van der Waals surface area (Å²) in [6.07, 6.45) is 4.16. The van der Waals surface area contributed by atoms with Crippen LogP contribution in [0, 0.1) is 13.8 Å². The van der Waals surface area contributed by atoms with Gasteiger partial charge in [0, 0.05) is 17.9 Å². The molecule has 2 atom stereocenters. The summed E-state index contributed by atoms with van der Waals surface area (Å²) in [4.78, 5) is 0. The summed E-state index contributed by atoms with van der Waals surface area (Å²) in [7, 11) is 0.0223. The first-order valence-corrected chi connectivity index (χ1v) is 9.46. The molecular formula is C19H24NP. The van der Waals surface area contributed by atoms with Crippen molar-refractivity contribution in [2.45, 2.75) is 32.3 Å². The van der Waals surface area contributed by atoms with Crippen LogP contribution in [0.1, 0.15) is 24.0 Å². The molecule has 1 nitrogen and oxygen atoms in total. The van der Waals surface area contributed by atoms with Gasteiger partial charge in [-0.05, 0) is 61.4 Å². The zero-order valence-electron chi connectivity index (χ0n) is 13.0. The van der Waals surface area contributed by atoms with Gasteiger partial charge in [-0.1, -0.05) is 44.3 Å². The minimum atomic E-state index is 0.0223. The van der Waals surface area contributed by atoms with Gasteiger partial charge in [0.2, 0.25) is 0 Å². The molecule has 0 aliphatic carbocycles. The summed E-state index contributed by atoms with van der Waals surface area (Å²) in [6.45, 7) is 5.46. The molecule has 1 N–H and O–H groups in total. The molecular weight excluding hydrogens is 273 g/mol. The average molecular weight is 297 g/mol. The first kappa shape index (κ1) is 14.6. The van der Waals surface area contributed by atoms with Crippen molar-refractivity contribution < 1.29 is 0 Å². The van der Waals surface area contributed by atoms with E-state index >= 15 is 0 Å². The number of nitrogens with one attached hydrogen (secondary N) is 1. The highest BCUT2D eigenvalue weighted by Gasteiger charge is 2.27. The van der Waals surface area contributed by atoms with Crippen LogP contribution in [-0.4, -0.2) is 18.4 Å². The van der Waals surface area contributed by atoms with Crippen molar-refractivity contribution in [1.29, 1.82) is 0 Å². The van der Waals surface area contributed by atoms with Gasteiger partial charge in [-0.3, -0.25) is 0 Å². The standard InChI is InChI=1S/C19H24NP/c1-15-11-16(2)13-17(12-15)20-14-19-9-6-10-21(19)18-7-4-3-5-8-18/h3-5,7-8,11-13,19-20H,6,9-10,14H2,1-2H3/t19-,21+/m0/s1. The Balaban J connectivity index is 1.67. The highest BCUT2D eigenvalue weighted by molar-refractivity contribution is 7.66. The molecule has 110 valence electrons. The molecule has 2 heteroatoms. The van der Waals surface area contributed by atoms with Gasteiger partial charge in [0.15, 0.2) is 0 Å². The van der Waals surface area contributed by atoms with Crippen LogP contribution in [0.4, 0.5) is 5.69 Å². The van der Waals surface area contributed by atoms with E-state index in [0.29, 0.717) is 0 Å². The zero-order valence-corrected chi connectivity index (χ0v) is 13.9. The van der Waals surface area contributed by atoms with Crippen LogP contribution in [0.5, 0.6) is 0 Å². The quantitative estimate of drug-likeness (QED) is 0.808. The minimum absolute atomic E-state index is 0.0223. The second-order valence-corrected chi connectivity index (χ2v) is 8.72. The Morgan fingerprint density at radius 1 is 1.05 bits per heavy atom. The number of aryl methyl sites for hydroxylation is 2. The predicted octanol–water partition coefficient (Wildman–Crippen LogP) is 4.69. The van der Waals surface area contributed by atoms with E-state index in [1.807, 2.05) is 0 Å². The number of hydrogen-bond acceptors (Lipinski definition) is 1. The first-order valence-electron chi connectivity index (χ1n) is 7.86. The predicted molar refractivity (Wildman–Crippen MR) is 95.3 cm³/mol. The van der Waals surface area contributed by atoms with Crippen molar-refractivity contribution in [1.82, 2.24) is 0 Å². The van der Waals surface area contributed by atoms with Gasteiger partial charge in [0.05, 0.1) is 0 Å². The fourth-order valence-corrected chi connectivity index (χ4v) is 6.25. The van der Waals surface area contributed by atoms with Crippen LogP contribution in [-0.2, 0) is 0 Å². The van der Waals surface area contributed by atoms with Gasteiger partial charge in [0.1, 0.15) is 0 Å². The second kappa shape index (κ2) is 6.62. The maximum Gasteiger partial charge on any atom is 0.0345 e. The fraction of sp³-hybridized carbons (Fsp3) is 0.368. The molecule has 0 saturated carbocycles. The monoisotopic (exact) mass is 297 g/mol. The van der Waals surface area contributed by atoms with E-state index in [4.69, 9.17) is 0 Å². The van der Waals surface area contributed by atoms with Crippen LogP contribution < -0.4 is 10.6 Å². The van der Waals surface area contributed by atoms with Crippen molar-refractivity contribution >= 4 is 18.9 Å². The lowest BCUT2D eigenvalue weighted by Crippen LogP contribution is -2.19. The normalized spacial score (nSPS) is 21.4. The summed E-state index contributed by atoms with van der Waals surface area (Å²) in [5.74, 6) is 0. The SMILES string of the molecule is Cc1cc(C)cc(NC[C@@H]2CCC[P@]2c2ccccc2)c1. The lowest BCUT2D eigenvalue weighted by molar-refractivity contribution is 0.803. The molecule has 0 radical (unpaired) electrons. The van der Waals surface area contributed by atoms with Crippen molar-refractivity contribution in [2.75, 3.05) is 18.0 Å². The Morgan fingerprint density at radius 2 is 1.76 bits per heavy atom. The van der Waals surface area contributed by atoms with Crippen LogP contribution >= 0.6 is 7.92 Å². The highest BCUT2D eigenvalue weighted by Crippen LogP contribution is 2.48. The van der Waals surface area contributed by atoms with Gasteiger partial charge in [-0.25, -0.2) is 0 Å². The minimum Gasteiger partial charge on any atom is -0.384 e. The maximum absolute atomic E-state index is 3.68. The van der Waals surface area contributed by atoms with E-state index < -0.39 is 0 Å². The molecule has 21 heavy (non-hydrogen) atoms. The van der Waals surface area contributed by atoms with E-state index in [1.54, 1.807) is 5.30 Å². The lowest BCUT2D eigenvalue weighted by Gasteiger charge is -2.22. The molecule has 0 aromatic heterocycles. The van der Waals surface area contributed by atoms with Gasteiger partial charge < -0.3 is 5.32 Å². The Hall–Kier alpha value is -1.33. The number of hydrogen-bond donors (Lipinski definition) is 1. The van der Waals surface area contributed by atoms with E-state index in [1.165, 1.54) is 35.8 Å². The first-order chi connectivity index (χ1) is 10.2. The third-order valence-electron chi connectivity index (χ3n) is 4.23. The second-order valence-electron chi connectivity index (χ2n) is 6.08. The summed E-state index contributed by atoms with van der Waals surface area (Å²) >= 11 is 0. The van der Waals surface area contributed by atoms with Crippen molar-refractivity contribution in [3.8, 4) is 0 Å². The smallest absolute Gasteiger partial charge is 0.0345 e. The largest absolute Gasteiger partial charge is 0.384 e. The van der Waals surface area contributed by atoms with E-state index in [0.717, 1.165) is 12.2 Å². The van der Waals surface area contributed by atoms with Gasteiger partial charge in [-0.15, -0.1) is 0 Å². The lowest BCUT2D eigenvalue weighted by atomic mass is 10.1. The van der Waals surface area contributed by atoms with Crippen LogP contribution in [0.25, 0.3) is 0 Å². The van der Waals surface area contributed by atoms with Gasteiger partial charge >= 0.3 is 0 Å². The van der Waals surface area contributed by atoms with E-state index in [9.17, 15) is 0 Å². The topological polar surface area (TPSA) is 12.0 Å². The molecule has 1 aliphatic heterocycles. The molecule has 1 fully saturated rings. The Morgan fingerprint density at radius 3 is 2.48 bits per heavy atom. The number of anilines is 1. The molecule has 1 saturated heterocycles. The molecule has 0 unspecified atom stereocenters. The van der Waals surface area contributed by atoms with Crippen molar-refractivity contribution in [3.05, 3.63) is 59.7 Å². The van der Waals surface area contributed by atoms with E-state index in [-0.39, 0.29) is 7.92 Å². The molecule has 3 rings (SSSR count). The Bertz CT molecular complexity index is 574. The maximum atomic E-state index is 3.68. The Kier molecular flexibility index (Phi) is 4.60. The summed E-state index contributed by atoms with van der Waals surface area (Å²) < 4.78 is 0. The van der Waals surface area contributed by atoms with E-state index in [2.05, 4.69) is 67.7 Å². The molecule has 0 amide bonds. The third-order valence-corrected chi connectivity index (χ3v) is 7.31. The molecule has 0 spiro atoms. The van der Waals surface area contributed by atoms with Crippen molar-refractivity contribution in [3.63, 3.8) is 0 Å². The van der Waals surface area contributed by atoms with Crippen LogP contribution in [0.2, 0.25) is 0 Å². The van der Waals surface area contributed by atoms with Crippen LogP contribution in [0.3, 0.4) is 0 Å². The van der Waals surface area contributed by atoms with Crippen molar-refractivity contribution in [2.24, 2.45) is 0 Å². The third kappa shape index (κ3) is 3.66. The summed E-state index contributed by atoms with van der Waals surface area (Å²) in [5.41, 5.74) is 4.79. The highest BCUT2D eigenvalue weighted by atomic mass is 31.1. The number of benzene rings is 2. The molecule has 2 aromatic carbocycles. The fourth-order valence-electron chi connectivity index (χ4n) is 3.32. The average Bonchev–Trinajstić information content (AvgIpc) is 2.93. The van der Waals surface area contributed by atoms with Gasteiger partial charge in [-0.2, -0.15) is 0 Å².